The molecule has 1 fully saturated rings. The molecule has 0 radical (unpaired) electrons. The maximum absolute atomic E-state index is 13.2. The lowest BCUT2D eigenvalue weighted by molar-refractivity contribution is -0.138. The van der Waals surface area contributed by atoms with E-state index < -0.39 is 11.7 Å². The maximum Gasteiger partial charge on any atom is 0.416 e. The Bertz CT molecular complexity index is 969. The highest BCUT2D eigenvalue weighted by Crippen LogP contribution is 2.33. The van der Waals surface area contributed by atoms with Crippen LogP contribution in [0.25, 0.3) is 11.0 Å². The highest BCUT2D eigenvalue weighted by atomic mass is 19.4. The molecule has 2 heterocycles. The van der Waals surface area contributed by atoms with Crippen LogP contribution in [0.1, 0.15) is 24.0 Å². The molecule has 0 aliphatic heterocycles. The van der Waals surface area contributed by atoms with Gasteiger partial charge in [0.15, 0.2) is 5.65 Å². The molecule has 1 N–H and O–H groups in total. The first-order chi connectivity index (χ1) is 12.9. The van der Waals surface area contributed by atoms with Crippen LogP contribution < -0.4 is 10.2 Å². The maximum atomic E-state index is 13.2. The highest BCUT2D eigenvalue weighted by Gasteiger charge is 2.33. The quantitative estimate of drug-likeness (QED) is 0.724. The Balaban J connectivity index is 1.68. The second-order valence-corrected chi connectivity index (χ2v) is 6.60. The van der Waals surface area contributed by atoms with Gasteiger partial charge in [-0.3, -0.25) is 0 Å². The fourth-order valence-corrected chi connectivity index (χ4v) is 3.00. The van der Waals surface area contributed by atoms with Crippen molar-refractivity contribution in [3.8, 4) is 0 Å². The summed E-state index contributed by atoms with van der Waals surface area (Å²) in [6.07, 6.45) is -0.590. The summed E-state index contributed by atoms with van der Waals surface area (Å²) in [7, 11) is 1.92. The summed E-state index contributed by atoms with van der Waals surface area (Å²) < 4.78 is 39.7. The second-order valence-electron chi connectivity index (χ2n) is 6.60. The Hall–Kier alpha value is -2.90. The molecule has 0 amide bonds. The van der Waals surface area contributed by atoms with E-state index in [4.69, 9.17) is 0 Å². The van der Waals surface area contributed by atoms with E-state index in [9.17, 15) is 13.2 Å². The molecule has 0 bridgehead atoms. The van der Waals surface area contributed by atoms with Gasteiger partial charge in [0.05, 0.1) is 10.9 Å². The Labute approximate surface area is 154 Å². The van der Waals surface area contributed by atoms with Crippen molar-refractivity contribution in [2.75, 3.05) is 17.3 Å². The standard InChI is InChI=1S/C19H18F3N5/c1-27(13-8-9-13)18-25-16-14(6-4-10-23-16)17(26-18)24-11-12-5-2-3-7-15(12)19(20,21)22/h2-7,10,13H,8-9,11H2,1H3,(H,23,24,25,26). The van der Waals surface area contributed by atoms with Crippen molar-refractivity contribution in [1.29, 1.82) is 0 Å². The van der Waals surface area contributed by atoms with Crippen LogP contribution in [0, 0.1) is 0 Å². The summed E-state index contributed by atoms with van der Waals surface area (Å²) in [5, 5.41) is 3.73. The van der Waals surface area contributed by atoms with Gasteiger partial charge in [0.2, 0.25) is 5.95 Å². The molecule has 2 aromatic heterocycles. The van der Waals surface area contributed by atoms with Gasteiger partial charge in [-0.1, -0.05) is 18.2 Å². The van der Waals surface area contributed by atoms with Crippen molar-refractivity contribution in [2.45, 2.75) is 31.6 Å². The first-order valence-electron chi connectivity index (χ1n) is 8.68. The van der Waals surface area contributed by atoms with Crippen molar-refractivity contribution in [3.63, 3.8) is 0 Å². The SMILES string of the molecule is CN(c1nc(NCc2ccccc2C(F)(F)F)c2cccnc2n1)C1CC1. The lowest BCUT2D eigenvalue weighted by atomic mass is 10.1. The lowest BCUT2D eigenvalue weighted by Crippen LogP contribution is -2.22. The molecule has 8 heteroatoms. The largest absolute Gasteiger partial charge is 0.416 e. The fourth-order valence-electron chi connectivity index (χ4n) is 3.00. The molecular formula is C19H18F3N5. The number of aromatic nitrogens is 3. The average Bonchev–Trinajstić information content (AvgIpc) is 3.50. The van der Waals surface area contributed by atoms with Gasteiger partial charge in [0.25, 0.3) is 0 Å². The third kappa shape index (κ3) is 3.65. The van der Waals surface area contributed by atoms with Crippen molar-refractivity contribution in [3.05, 3.63) is 53.7 Å². The zero-order chi connectivity index (χ0) is 19.0. The van der Waals surface area contributed by atoms with Crippen molar-refractivity contribution in [1.82, 2.24) is 15.0 Å². The Morgan fingerprint density at radius 2 is 1.89 bits per heavy atom. The minimum atomic E-state index is -4.40. The van der Waals surface area contributed by atoms with E-state index in [1.165, 1.54) is 12.1 Å². The topological polar surface area (TPSA) is 53.9 Å². The van der Waals surface area contributed by atoms with Crippen LogP contribution in [0.15, 0.2) is 42.6 Å². The summed E-state index contributed by atoms with van der Waals surface area (Å²) in [5.41, 5.74) is 0.0312. The van der Waals surface area contributed by atoms with Gasteiger partial charge in [0.1, 0.15) is 5.82 Å². The number of pyridine rings is 1. The summed E-state index contributed by atoms with van der Waals surface area (Å²) in [6.45, 7) is 0.00325. The van der Waals surface area contributed by atoms with Crippen LogP contribution in [0.4, 0.5) is 24.9 Å². The van der Waals surface area contributed by atoms with E-state index in [0.29, 0.717) is 28.8 Å². The van der Waals surface area contributed by atoms with Gasteiger partial charge in [-0.2, -0.15) is 23.1 Å². The molecule has 1 aliphatic carbocycles. The number of alkyl halides is 3. The number of benzene rings is 1. The molecule has 1 saturated carbocycles. The Morgan fingerprint density at radius 1 is 1.11 bits per heavy atom. The normalized spacial score (nSPS) is 14.4. The highest BCUT2D eigenvalue weighted by molar-refractivity contribution is 5.87. The molecule has 0 unspecified atom stereocenters. The summed E-state index contributed by atoms with van der Waals surface area (Å²) in [5.74, 6) is 1.00. The zero-order valence-corrected chi connectivity index (χ0v) is 14.7. The summed E-state index contributed by atoms with van der Waals surface area (Å²) >= 11 is 0. The van der Waals surface area contributed by atoms with Crippen LogP contribution in [0.5, 0.6) is 0 Å². The zero-order valence-electron chi connectivity index (χ0n) is 14.7. The monoisotopic (exact) mass is 373 g/mol. The molecule has 1 aromatic carbocycles. The smallest absolute Gasteiger partial charge is 0.365 e. The van der Waals surface area contributed by atoms with E-state index in [2.05, 4.69) is 20.3 Å². The van der Waals surface area contributed by atoms with E-state index in [0.717, 1.165) is 18.9 Å². The lowest BCUT2D eigenvalue weighted by Gasteiger charge is -2.19. The van der Waals surface area contributed by atoms with Gasteiger partial charge in [-0.05, 0) is 36.6 Å². The summed E-state index contributed by atoms with van der Waals surface area (Å²) in [6, 6.07) is 9.51. The third-order valence-corrected chi connectivity index (χ3v) is 4.64. The number of anilines is 2. The van der Waals surface area contributed by atoms with Gasteiger partial charge < -0.3 is 10.2 Å². The molecule has 0 spiro atoms. The number of halogens is 3. The van der Waals surface area contributed by atoms with Gasteiger partial charge in [-0.25, -0.2) is 4.98 Å². The molecule has 0 atom stereocenters. The molecular weight excluding hydrogens is 355 g/mol. The van der Waals surface area contributed by atoms with Crippen LogP contribution in [-0.2, 0) is 12.7 Å². The number of hydrogen-bond acceptors (Lipinski definition) is 5. The number of fused-ring (bicyclic) bond motifs is 1. The van der Waals surface area contributed by atoms with Crippen molar-refractivity contribution >= 4 is 22.8 Å². The average molecular weight is 373 g/mol. The third-order valence-electron chi connectivity index (χ3n) is 4.64. The Morgan fingerprint density at radius 3 is 2.63 bits per heavy atom. The van der Waals surface area contributed by atoms with Crippen LogP contribution >= 0.6 is 0 Å². The van der Waals surface area contributed by atoms with Crippen LogP contribution in [-0.4, -0.2) is 28.0 Å². The van der Waals surface area contributed by atoms with Gasteiger partial charge >= 0.3 is 6.18 Å². The molecule has 140 valence electrons. The number of rotatable bonds is 5. The first kappa shape index (κ1) is 17.5. The molecule has 5 nitrogen and oxygen atoms in total. The predicted molar refractivity (Wildman–Crippen MR) is 97.5 cm³/mol. The van der Waals surface area contributed by atoms with E-state index in [1.807, 2.05) is 11.9 Å². The fraction of sp³-hybridized carbons (Fsp3) is 0.316. The molecule has 4 rings (SSSR count). The molecule has 27 heavy (non-hydrogen) atoms. The molecule has 1 aliphatic rings. The minimum absolute atomic E-state index is 0.00325. The number of nitrogens with one attached hydrogen (secondary N) is 1. The van der Waals surface area contributed by atoms with Crippen LogP contribution in [0.2, 0.25) is 0 Å². The predicted octanol–water partition coefficient (Wildman–Crippen LogP) is 4.25. The molecule has 0 saturated heterocycles. The van der Waals surface area contributed by atoms with Crippen molar-refractivity contribution < 1.29 is 13.2 Å². The van der Waals surface area contributed by atoms with Gasteiger partial charge in [0, 0.05) is 25.8 Å². The van der Waals surface area contributed by atoms with Crippen molar-refractivity contribution in [2.24, 2.45) is 0 Å². The molecule has 3 aromatic rings. The van der Waals surface area contributed by atoms with E-state index >= 15 is 0 Å². The summed E-state index contributed by atoms with van der Waals surface area (Å²) in [4.78, 5) is 15.3. The number of nitrogens with zero attached hydrogens (tertiary/aromatic N) is 4. The van der Waals surface area contributed by atoms with Crippen LogP contribution in [0.3, 0.4) is 0 Å². The van der Waals surface area contributed by atoms with E-state index in [1.54, 1.807) is 24.4 Å². The number of hydrogen-bond donors (Lipinski definition) is 1. The van der Waals surface area contributed by atoms with Gasteiger partial charge in [-0.15, -0.1) is 0 Å². The Kier molecular flexibility index (Phi) is 4.33. The second kappa shape index (κ2) is 6.68. The first-order valence-corrected chi connectivity index (χ1v) is 8.68. The van der Waals surface area contributed by atoms with E-state index in [-0.39, 0.29) is 12.1 Å². The minimum Gasteiger partial charge on any atom is -0.365 e.